The summed E-state index contributed by atoms with van der Waals surface area (Å²) in [6.45, 7) is 2.78. The number of amides is 1. The molecule has 0 aliphatic rings. The second-order valence-electron chi connectivity index (χ2n) is 5.44. The first-order chi connectivity index (χ1) is 12.2. The number of sulfonamides is 1. The zero-order valence-electron chi connectivity index (χ0n) is 14.1. The minimum absolute atomic E-state index is 0.0393. The molecule has 0 radical (unpaired) electrons. The summed E-state index contributed by atoms with van der Waals surface area (Å²) in [7, 11) is -3.96. The van der Waals surface area contributed by atoms with Crippen LogP contribution >= 0.6 is 0 Å². The van der Waals surface area contributed by atoms with Crippen molar-refractivity contribution >= 4 is 21.6 Å². The smallest absolute Gasteiger partial charge is 0.310 e. The van der Waals surface area contributed by atoms with Crippen LogP contribution in [0.2, 0.25) is 0 Å². The van der Waals surface area contributed by atoms with Gasteiger partial charge in [-0.25, -0.2) is 8.42 Å². The maximum atomic E-state index is 12.3. The third-order valence-corrected chi connectivity index (χ3v) is 4.77. The van der Waals surface area contributed by atoms with Crippen LogP contribution in [-0.2, 0) is 14.8 Å². The van der Waals surface area contributed by atoms with Crippen molar-refractivity contribution in [3.8, 4) is 5.75 Å². The summed E-state index contributed by atoms with van der Waals surface area (Å²) in [5, 5.41) is 10.9. The Bertz CT molecular complexity index is 943. The lowest BCUT2D eigenvalue weighted by Gasteiger charge is -2.11. The van der Waals surface area contributed by atoms with E-state index in [1.807, 2.05) is 10.3 Å². The summed E-state index contributed by atoms with van der Waals surface area (Å²) in [5.41, 5.74) is 2.99. The van der Waals surface area contributed by atoms with Gasteiger partial charge in [0.2, 0.25) is 0 Å². The van der Waals surface area contributed by atoms with Gasteiger partial charge in [0.05, 0.1) is 9.82 Å². The van der Waals surface area contributed by atoms with E-state index in [0.29, 0.717) is 5.56 Å². The highest BCUT2D eigenvalue weighted by atomic mass is 32.2. The number of carbonyl (C=O) groups excluding carboxylic acids is 1. The molecule has 2 rings (SSSR count). The van der Waals surface area contributed by atoms with E-state index in [2.05, 4.69) is 0 Å². The molecule has 0 aromatic heterocycles. The van der Waals surface area contributed by atoms with Crippen molar-refractivity contribution in [3.05, 3.63) is 63.7 Å². The summed E-state index contributed by atoms with van der Waals surface area (Å²) in [5.74, 6) is -0.901. The molecule has 0 saturated heterocycles. The minimum Gasteiger partial charge on any atom is -0.477 e. The number of nitrogens with zero attached hydrogens (tertiary/aromatic N) is 1. The van der Waals surface area contributed by atoms with Crippen LogP contribution in [0.1, 0.15) is 11.1 Å². The van der Waals surface area contributed by atoms with Gasteiger partial charge in [0.1, 0.15) is 0 Å². The molecule has 0 fully saturated rings. The van der Waals surface area contributed by atoms with E-state index < -0.39 is 27.5 Å². The quantitative estimate of drug-likeness (QED) is 0.555. The number of para-hydroxylation sites is 2. The molecule has 9 nitrogen and oxygen atoms in total. The van der Waals surface area contributed by atoms with E-state index in [9.17, 15) is 23.3 Å². The number of benzene rings is 2. The lowest BCUT2D eigenvalue weighted by Crippen LogP contribution is -2.43. The normalized spacial score (nSPS) is 11.0. The fourth-order valence-electron chi connectivity index (χ4n) is 2.09. The molecule has 0 aliphatic heterocycles. The Kier molecular flexibility index (Phi) is 5.90. The molecule has 1 amide bonds. The Morgan fingerprint density at radius 2 is 1.88 bits per heavy atom. The number of rotatable bonds is 7. The molecule has 0 bridgehead atoms. The number of aryl methyl sites for hydroxylation is 2. The Morgan fingerprint density at radius 1 is 1.19 bits per heavy atom. The van der Waals surface area contributed by atoms with E-state index in [1.54, 1.807) is 26.0 Å². The van der Waals surface area contributed by atoms with E-state index in [0.717, 1.165) is 5.56 Å². The van der Waals surface area contributed by atoms with Gasteiger partial charge < -0.3 is 4.74 Å². The van der Waals surface area contributed by atoms with Crippen LogP contribution in [0.15, 0.2) is 47.4 Å². The molecule has 0 atom stereocenters. The van der Waals surface area contributed by atoms with Gasteiger partial charge in [-0.15, -0.1) is 4.83 Å². The Morgan fingerprint density at radius 3 is 2.58 bits per heavy atom. The predicted molar refractivity (Wildman–Crippen MR) is 93.0 cm³/mol. The highest BCUT2D eigenvalue weighted by molar-refractivity contribution is 7.89. The Hall–Kier alpha value is -2.98. The molecule has 0 heterocycles. The Labute approximate surface area is 150 Å². The first kappa shape index (κ1) is 19.3. The van der Waals surface area contributed by atoms with Crippen molar-refractivity contribution in [3.63, 3.8) is 0 Å². The number of ether oxygens (including phenoxy) is 1. The monoisotopic (exact) mass is 379 g/mol. The van der Waals surface area contributed by atoms with Crippen molar-refractivity contribution in [1.29, 1.82) is 0 Å². The van der Waals surface area contributed by atoms with Gasteiger partial charge in [-0.2, -0.15) is 0 Å². The van der Waals surface area contributed by atoms with Crippen molar-refractivity contribution < 1.29 is 22.9 Å². The molecule has 0 unspecified atom stereocenters. The summed E-state index contributed by atoms with van der Waals surface area (Å²) in [4.78, 5) is 24.0. The molecular formula is C16H17N3O6S. The van der Waals surface area contributed by atoms with Crippen LogP contribution in [0.5, 0.6) is 5.75 Å². The highest BCUT2D eigenvalue weighted by Gasteiger charge is 2.19. The average molecular weight is 379 g/mol. The lowest BCUT2D eigenvalue weighted by molar-refractivity contribution is -0.385. The maximum absolute atomic E-state index is 12.3. The first-order valence-corrected chi connectivity index (χ1v) is 8.93. The van der Waals surface area contributed by atoms with Crippen molar-refractivity contribution in [1.82, 2.24) is 10.3 Å². The SMILES string of the molecule is Cc1ccc(C)c(S(=O)(=O)NNC(=O)COc2ccccc2[N+](=O)[O-])c1. The molecule has 0 aliphatic carbocycles. The van der Waals surface area contributed by atoms with Crippen molar-refractivity contribution in [2.45, 2.75) is 18.7 Å². The van der Waals surface area contributed by atoms with Crippen molar-refractivity contribution in [2.24, 2.45) is 0 Å². The van der Waals surface area contributed by atoms with Crippen LogP contribution in [0.25, 0.3) is 0 Å². The minimum atomic E-state index is -3.96. The van der Waals surface area contributed by atoms with Gasteiger partial charge in [0.25, 0.3) is 15.9 Å². The van der Waals surface area contributed by atoms with E-state index in [-0.39, 0.29) is 16.3 Å². The summed E-state index contributed by atoms with van der Waals surface area (Å²) >= 11 is 0. The molecule has 2 N–H and O–H groups in total. The fourth-order valence-corrected chi connectivity index (χ4v) is 3.28. The summed E-state index contributed by atoms with van der Waals surface area (Å²) in [6.07, 6.45) is 0. The second-order valence-corrected chi connectivity index (χ2v) is 7.09. The molecule has 10 heteroatoms. The van der Waals surface area contributed by atoms with Crippen LogP contribution < -0.4 is 15.0 Å². The fraction of sp³-hybridized carbons (Fsp3) is 0.188. The third-order valence-electron chi connectivity index (χ3n) is 3.38. The number of hydrogen-bond acceptors (Lipinski definition) is 6. The van der Waals surface area contributed by atoms with Crippen LogP contribution in [0.3, 0.4) is 0 Å². The zero-order chi connectivity index (χ0) is 19.3. The van der Waals surface area contributed by atoms with Gasteiger partial charge >= 0.3 is 5.69 Å². The molecule has 26 heavy (non-hydrogen) atoms. The summed E-state index contributed by atoms with van der Waals surface area (Å²) in [6, 6.07) is 10.5. The van der Waals surface area contributed by atoms with E-state index in [4.69, 9.17) is 4.74 Å². The maximum Gasteiger partial charge on any atom is 0.310 e. The molecule has 0 saturated carbocycles. The lowest BCUT2D eigenvalue weighted by atomic mass is 10.2. The molecule has 138 valence electrons. The Balaban J connectivity index is 1.99. The van der Waals surface area contributed by atoms with Gasteiger partial charge in [0.15, 0.2) is 12.4 Å². The van der Waals surface area contributed by atoms with Gasteiger partial charge in [-0.1, -0.05) is 24.3 Å². The van der Waals surface area contributed by atoms with Gasteiger partial charge in [-0.3, -0.25) is 20.3 Å². The largest absolute Gasteiger partial charge is 0.477 e. The van der Waals surface area contributed by atoms with Crippen LogP contribution in [0.4, 0.5) is 5.69 Å². The predicted octanol–water partition coefficient (Wildman–Crippen LogP) is 1.60. The molecular weight excluding hydrogens is 362 g/mol. The summed E-state index contributed by atoms with van der Waals surface area (Å²) < 4.78 is 29.6. The van der Waals surface area contributed by atoms with Crippen molar-refractivity contribution in [2.75, 3.05) is 6.61 Å². The average Bonchev–Trinajstić information content (AvgIpc) is 2.60. The number of hydrogen-bond donors (Lipinski definition) is 2. The topological polar surface area (TPSA) is 128 Å². The zero-order valence-corrected chi connectivity index (χ0v) is 14.9. The molecule has 0 spiro atoms. The standard InChI is InChI=1S/C16H17N3O6S/c1-11-7-8-12(2)15(9-11)26(23,24)18-17-16(20)10-25-14-6-4-3-5-13(14)19(21)22/h3-9,18H,10H2,1-2H3,(H,17,20). The third kappa shape index (κ3) is 4.77. The highest BCUT2D eigenvalue weighted by Crippen LogP contribution is 2.25. The number of nitro groups is 1. The first-order valence-electron chi connectivity index (χ1n) is 7.45. The van der Waals surface area contributed by atoms with Crippen LogP contribution in [-0.4, -0.2) is 25.9 Å². The van der Waals surface area contributed by atoms with E-state index in [1.165, 1.54) is 30.3 Å². The van der Waals surface area contributed by atoms with E-state index >= 15 is 0 Å². The molecule has 2 aromatic carbocycles. The number of hydrazine groups is 1. The second kappa shape index (κ2) is 7.93. The van der Waals surface area contributed by atoms with Crippen LogP contribution in [0, 0.1) is 24.0 Å². The number of nitro benzene ring substituents is 1. The number of nitrogens with one attached hydrogen (secondary N) is 2. The number of carbonyl (C=O) groups is 1. The van der Waals surface area contributed by atoms with Gasteiger partial charge in [-0.05, 0) is 37.1 Å². The van der Waals surface area contributed by atoms with Gasteiger partial charge in [0, 0.05) is 6.07 Å². The molecule has 2 aromatic rings.